The molecule has 1 atom stereocenters. The molecule has 1 aliphatic heterocycles. The predicted octanol–water partition coefficient (Wildman–Crippen LogP) is 4.61. The van der Waals surface area contributed by atoms with E-state index in [4.69, 9.17) is 4.74 Å². The number of epoxide rings is 1. The zero-order valence-electron chi connectivity index (χ0n) is 13.8. The van der Waals surface area contributed by atoms with Crippen LogP contribution in [0.1, 0.15) is 16.7 Å². The fourth-order valence-electron chi connectivity index (χ4n) is 3.22. The molecule has 2 nitrogen and oxygen atoms in total. The van der Waals surface area contributed by atoms with Gasteiger partial charge in [0.2, 0.25) is 0 Å². The molecular formula is C23H18O2. The highest BCUT2D eigenvalue weighted by molar-refractivity contribution is 6.07. The second-order valence-corrected chi connectivity index (χ2v) is 6.14. The van der Waals surface area contributed by atoms with Gasteiger partial charge < -0.3 is 4.74 Å². The molecule has 4 rings (SSSR count). The highest BCUT2D eigenvalue weighted by Crippen LogP contribution is 2.45. The summed E-state index contributed by atoms with van der Waals surface area (Å²) in [6, 6.07) is 30.4. The monoisotopic (exact) mass is 326 g/mol. The third-order valence-corrected chi connectivity index (χ3v) is 4.51. The summed E-state index contributed by atoms with van der Waals surface area (Å²) in [6.07, 6.45) is 0.932. The van der Waals surface area contributed by atoms with E-state index in [0.717, 1.165) is 34.1 Å². The summed E-state index contributed by atoms with van der Waals surface area (Å²) < 4.78 is 5.66. The minimum absolute atomic E-state index is 0.421. The molecule has 1 unspecified atom stereocenters. The van der Waals surface area contributed by atoms with Crippen molar-refractivity contribution in [1.29, 1.82) is 0 Å². The molecule has 0 radical (unpaired) electrons. The topological polar surface area (TPSA) is 29.6 Å². The van der Waals surface area contributed by atoms with Gasteiger partial charge in [0, 0.05) is 5.57 Å². The first-order chi connectivity index (χ1) is 12.3. The summed E-state index contributed by atoms with van der Waals surface area (Å²) in [5.41, 5.74) is 4.27. The highest BCUT2D eigenvalue weighted by Gasteiger charge is 2.50. The van der Waals surface area contributed by atoms with Crippen LogP contribution in [0.15, 0.2) is 91.0 Å². The predicted molar refractivity (Wildman–Crippen MR) is 100.0 cm³/mol. The van der Waals surface area contributed by atoms with Crippen LogP contribution in [0, 0.1) is 0 Å². The fraction of sp³-hybridized carbons (Fsp3) is 0.0870. The van der Waals surface area contributed by atoms with Crippen LogP contribution in [-0.4, -0.2) is 18.5 Å². The van der Waals surface area contributed by atoms with Crippen molar-refractivity contribution >= 4 is 17.4 Å². The summed E-state index contributed by atoms with van der Waals surface area (Å²) in [7, 11) is 0. The van der Waals surface area contributed by atoms with Crippen LogP contribution in [0.2, 0.25) is 0 Å². The third kappa shape index (κ3) is 2.92. The van der Waals surface area contributed by atoms with Crippen molar-refractivity contribution in [2.45, 2.75) is 5.60 Å². The number of carbonyl (C=O) groups excluding carboxylic acids is 1. The van der Waals surface area contributed by atoms with Crippen molar-refractivity contribution in [1.82, 2.24) is 0 Å². The van der Waals surface area contributed by atoms with E-state index in [1.807, 2.05) is 66.7 Å². The van der Waals surface area contributed by atoms with Crippen molar-refractivity contribution < 1.29 is 9.53 Å². The van der Waals surface area contributed by atoms with Crippen LogP contribution in [0.25, 0.3) is 11.1 Å². The van der Waals surface area contributed by atoms with E-state index in [1.165, 1.54) is 0 Å². The highest BCUT2D eigenvalue weighted by atomic mass is 16.6. The van der Waals surface area contributed by atoms with E-state index in [9.17, 15) is 4.79 Å². The maximum absolute atomic E-state index is 11.9. The molecule has 3 aromatic rings. The maximum atomic E-state index is 11.9. The van der Waals surface area contributed by atoms with E-state index in [2.05, 4.69) is 24.3 Å². The standard InChI is InChI=1S/C23H18O2/c24-16-23(17-25-23)22(20-14-8-3-9-15-20)21(18-10-4-1-5-11-18)19-12-6-2-7-13-19/h1-16H,17H2. The fourth-order valence-corrected chi connectivity index (χ4v) is 3.22. The van der Waals surface area contributed by atoms with Gasteiger partial charge in [0.05, 0.1) is 6.61 Å². The maximum Gasteiger partial charge on any atom is 0.173 e. The minimum atomic E-state index is -0.859. The SMILES string of the molecule is O=CC1(C(=C(c2ccccc2)c2ccccc2)c2ccccc2)CO1. The molecule has 1 aliphatic rings. The van der Waals surface area contributed by atoms with E-state index in [-0.39, 0.29) is 0 Å². The first-order valence-corrected chi connectivity index (χ1v) is 8.35. The van der Waals surface area contributed by atoms with Crippen LogP contribution in [-0.2, 0) is 9.53 Å². The summed E-state index contributed by atoms with van der Waals surface area (Å²) >= 11 is 0. The second-order valence-electron chi connectivity index (χ2n) is 6.14. The summed E-state index contributed by atoms with van der Waals surface area (Å²) in [4.78, 5) is 11.9. The quantitative estimate of drug-likeness (QED) is 0.389. The van der Waals surface area contributed by atoms with E-state index in [1.54, 1.807) is 0 Å². The van der Waals surface area contributed by atoms with E-state index < -0.39 is 5.60 Å². The van der Waals surface area contributed by atoms with Crippen LogP contribution < -0.4 is 0 Å². The average Bonchev–Trinajstić information content (AvgIpc) is 3.49. The number of benzene rings is 3. The lowest BCUT2D eigenvalue weighted by atomic mass is 9.83. The van der Waals surface area contributed by atoms with E-state index >= 15 is 0 Å². The molecule has 0 aliphatic carbocycles. The van der Waals surface area contributed by atoms with Gasteiger partial charge in [0.25, 0.3) is 0 Å². The van der Waals surface area contributed by atoms with Gasteiger partial charge in [-0.05, 0) is 22.3 Å². The Kier molecular flexibility index (Phi) is 4.04. The molecule has 0 saturated carbocycles. The zero-order valence-corrected chi connectivity index (χ0v) is 13.8. The molecule has 0 spiro atoms. The van der Waals surface area contributed by atoms with Crippen molar-refractivity contribution in [2.24, 2.45) is 0 Å². The van der Waals surface area contributed by atoms with Crippen molar-refractivity contribution in [3.63, 3.8) is 0 Å². The van der Waals surface area contributed by atoms with Gasteiger partial charge in [-0.2, -0.15) is 0 Å². The normalized spacial score (nSPS) is 18.4. The molecule has 2 heteroatoms. The number of carbonyl (C=O) groups is 1. The minimum Gasteiger partial charge on any atom is -0.356 e. The van der Waals surface area contributed by atoms with Gasteiger partial charge >= 0.3 is 0 Å². The van der Waals surface area contributed by atoms with Crippen molar-refractivity contribution in [3.05, 3.63) is 108 Å². The molecule has 1 heterocycles. The molecule has 0 amide bonds. The third-order valence-electron chi connectivity index (χ3n) is 4.51. The molecule has 3 aromatic carbocycles. The Balaban J connectivity index is 2.06. The average molecular weight is 326 g/mol. The number of aldehydes is 1. The molecule has 0 bridgehead atoms. The van der Waals surface area contributed by atoms with Crippen LogP contribution >= 0.6 is 0 Å². The number of ether oxygens (including phenoxy) is 1. The molecule has 122 valence electrons. The lowest BCUT2D eigenvalue weighted by Crippen LogP contribution is -2.17. The summed E-state index contributed by atoms with van der Waals surface area (Å²) in [5.74, 6) is 0. The van der Waals surface area contributed by atoms with Crippen LogP contribution in [0.4, 0.5) is 0 Å². The lowest BCUT2D eigenvalue weighted by Gasteiger charge is -2.19. The molecular weight excluding hydrogens is 308 g/mol. The molecule has 1 fully saturated rings. The van der Waals surface area contributed by atoms with Crippen LogP contribution in [0.3, 0.4) is 0 Å². The van der Waals surface area contributed by atoms with Crippen LogP contribution in [0.5, 0.6) is 0 Å². The number of hydrogen-bond donors (Lipinski definition) is 0. The van der Waals surface area contributed by atoms with Gasteiger partial charge in [0.15, 0.2) is 11.9 Å². The summed E-state index contributed by atoms with van der Waals surface area (Å²) in [5, 5.41) is 0. The number of hydrogen-bond acceptors (Lipinski definition) is 2. The van der Waals surface area contributed by atoms with Gasteiger partial charge in [-0.1, -0.05) is 91.0 Å². The molecule has 0 N–H and O–H groups in total. The molecule has 0 aromatic heterocycles. The van der Waals surface area contributed by atoms with Crippen molar-refractivity contribution in [3.8, 4) is 0 Å². The van der Waals surface area contributed by atoms with Gasteiger partial charge in [-0.3, -0.25) is 4.79 Å². The Hall–Kier alpha value is -2.97. The summed E-state index contributed by atoms with van der Waals surface area (Å²) in [6.45, 7) is 0.421. The lowest BCUT2D eigenvalue weighted by molar-refractivity contribution is -0.110. The molecule has 1 saturated heterocycles. The second kappa shape index (κ2) is 6.50. The Morgan fingerprint density at radius 1 is 0.720 bits per heavy atom. The Morgan fingerprint density at radius 2 is 1.12 bits per heavy atom. The zero-order chi connectivity index (χ0) is 17.1. The van der Waals surface area contributed by atoms with Gasteiger partial charge in [-0.25, -0.2) is 0 Å². The Bertz CT molecular complexity index is 851. The molecule has 25 heavy (non-hydrogen) atoms. The Morgan fingerprint density at radius 3 is 1.48 bits per heavy atom. The van der Waals surface area contributed by atoms with Gasteiger partial charge in [-0.15, -0.1) is 0 Å². The smallest absolute Gasteiger partial charge is 0.173 e. The van der Waals surface area contributed by atoms with Gasteiger partial charge in [0.1, 0.15) is 0 Å². The first-order valence-electron chi connectivity index (χ1n) is 8.35. The van der Waals surface area contributed by atoms with E-state index in [0.29, 0.717) is 6.61 Å². The largest absolute Gasteiger partial charge is 0.356 e. The Labute approximate surface area is 147 Å². The van der Waals surface area contributed by atoms with Crippen molar-refractivity contribution in [2.75, 3.05) is 6.61 Å². The number of rotatable bonds is 5. The first kappa shape index (κ1) is 15.6.